The number of hydrogen-bond donors (Lipinski definition) is 1. The van der Waals surface area contributed by atoms with Crippen molar-refractivity contribution in [3.8, 4) is 11.3 Å². The molecule has 0 spiro atoms. The molecule has 2 heterocycles. The van der Waals surface area contributed by atoms with Crippen LogP contribution in [0.5, 0.6) is 0 Å². The summed E-state index contributed by atoms with van der Waals surface area (Å²) in [6.45, 7) is 0. The summed E-state index contributed by atoms with van der Waals surface area (Å²) >= 11 is 0.858. The Kier molecular flexibility index (Phi) is 2.62. The van der Waals surface area contributed by atoms with Gasteiger partial charge in [0.25, 0.3) is 10.0 Å². The van der Waals surface area contributed by atoms with Crippen LogP contribution in [0.15, 0.2) is 34.8 Å². The average molecular weight is 298 g/mol. The van der Waals surface area contributed by atoms with Gasteiger partial charge in [-0.05, 0) is 12.1 Å². The molecule has 0 unspecified atom stereocenters. The molecule has 0 fully saturated rings. The Bertz CT molecular complexity index is 869. The van der Waals surface area contributed by atoms with Crippen LogP contribution in [-0.2, 0) is 10.0 Å². The van der Waals surface area contributed by atoms with Crippen molar-refractivity contribution >= 4 is 26.3 Å². The van der Waals surface area contributed by atoms with Crippen molar-refractivity contribution in [1.82, 2.24) is 14.6 Å². The van der Waals surface area contributed by atoms with Crippen molar-refractivity contribution < 1.29 is 12.8 Å². The van der Waals surface area contributed by atoms with Crippen LogP contribution in [0, 0.1) is 5.82 Å². The number of primary sulfonamides is 1. The number of nitrogens with zero attached hydrogens (tertiary/aromatic N) is 3. The minimum absolute atomic E-state index is 0.228. The fourth-order valence-corrected chi connectivity index (χ4v) is 3.13. The monoisotopic (exact) mass is 298 g/mol. The topological polar surface area (TPSA) is 90.4 Å². The summed E-state index contributed by atoms with van der Waals surface area (Å²) in [6.07, 6.45) is 1.50. The maximum Gasteiger partial charge on any atom is 0.267 e. The van der Waals surface area contributed by atoms with Gasteiger partial charge in [0.2, 0.25) is 9.30 Å². The summed E-state index contributed by atoms with van der Waals surface area (Å²) in [7, 11) is -3.87. The van der Waals surface area contributed by atoms with Gasteiger partial charge in [-0.3, -0.25) is 0 Å². The van der Waals surface area contributed by atoms with Gasteiger partial charge in [-0.15, -0.1) is 5.10 Å². The van der Waals surface area contributed by atoms with E-state index in [1.807, 2.05) is 0 Å². The minimum Gasteiger partial charge on any atom is -0.225 e. The summed E-state index contributed by atoms with van der Waals surface area (Å²) in [5, 5.41) is 8.90. The molecule has 0 radical (unpaired) electrons. The highest BCUT2D eigenvalue weighted by atomic mass is 32.2. The van der Waals surface area contributed by atoms with Gasteiger partial charge in [-0.2, -0.15) is 0 Å². The van der Waals surface area contributed by atoms with E-state index < -0.39 is 15.8 Å². The predicted molar refractivity (Wildman–Crippen MR) is 67.6 cm³/mol. The van der Waals surface area contributed by atoms with E-state index in [2.05, 4.69) is 10.1 Å². The lowest BCUT2D eigenvalue weighted by Crippen LogP contribution is -2.12. The normalized spacial score (nSPS) is 12.1. The molecule has 19 heavy (non-hydrogen) atoms. The number of imidazole rings is 1. The SMILES string of the molecule is NS(=O)(=O)c1nn2c(-c3cccc(F)c3)cnc2s1. The summed E-state index contributed by atoms with van der Waals surface area (Å²) in [5.74, 6) is -0.394. The van der Waals surface area contributed by atoms with Crippen molar-refractivity contribution in [2.45, 2.75) is 4.34 Å². The third kappa shape index (κ3) is 2.11. The van der Waals surface area contributed by atoms with E-state index >= 15 is 0 Å². The van der Waals surface area contributed by atoms with E-state index in [0.717, 1.165) is 11.3 Å². The number of aromatic nitrogens is 3. The summed E-state index contributed by atoms with van der Waals surface area (Å²) in [4.78, 5) is 4.41. The largest absolute Gasteiger partial charge is 0.267 e. The highest BCUT2D eigenvalue weighted by molar-refractivity contribution is 7.91. The van der Waals surface area contributed by atoms with E-state index in [0.29, 0.717) is 16.2 Å². The fourth-order valence-electron chi connectivity index (χ4n) is 1.63. The molecule has 0 atom stereocenters. The van der Waals surface area contributed by atoms with Crippen LogP contribution in [0.3, 0.4) is 0 Å². The van der Waals surface area contributed by atoms with Crippen molar-refractivity contribution in [3.63, 3.8) is 0 Å². The molecule has 6 nitrogen and oxygen atoms in total. The Morgan fingerprint density at radius 1 is 1.37 bits per heavy atom. The molecule has 0 aliphatic heterocycles. The molecule has 0 saturated carbocycles. The molecule has 0 bridgehead atoms. The van der Waals surface area contributed by atoms with Crippen LogP contribution in [0.1, 0.15) is 0 Å². The van der Waals surface area contributed by atoms with Crippen molar-refractivity contribution in [1.29, 1.82) is 0 Å². The molecule has 98 valence electrons. The summed E-state index contributed by atoms with van der Waals surface area (Å²) in [6, 6.07) is 5.87. The lowest BCUT2D eigenvalue weighted by molar-refractivity contribution is 0.595. The van der Waals surface area contributed by atoms with Crippen molar-refractivity contribution in [3.05, 3.63) is 36.3 Å². The standard InChI is InChI=1S/C10H7FN4O2S2/c11-7-3-1-2-6(4-7)8-5-13-9-15(8)14-10(18-9)19(12,16)17/h1-5H,(H2,12,16,17). The second kappa shape index (κ2) is 4.08. The van der Waals surface area contributed by atoms with Gasteiger partial charge >= 0.3 is 0 Å². The zero-order valence-electron chi connectivity index (χ0n) is 9.32. The van der Waals surface area contributed by atoms with Gasteiger partial charge in [-0.1, -0.05) is 23.5 Å². The highest BCUT2D eigenvalue weighted by Gasteiger charge is 2.18. The maximum absolute atomic E-state index is 13.2. The molecule has 0 aliphatic carbocycles. The number of nitrogens with two attached hydrogens (primary N) is 1. The Morgan fingerprint density at radius 3 is 2.84 bits per heavy atom. The van der Waals surface area contributed by atoms with E-state index in [1.165, 1.54) is 22.8 Å². The second-order valence-corrected chi connectivity index (χ2v) is 6.45. The molecule has 2 N–H and O–H groups in total. The number of fused-ring (bicyclic) bond motifs is 1. The molecule has 3 aromatic rings. The predicted octanol–water partition coefficient (Wildman–Crippen LogP) is 1.24. The van der Waals surface area contributed by atoms with Crippen LogP contribution >= 0.6 is 11.3 Å². The fraction of sp³-hybridized carbons (Fsp3) is 0. The van der Waals surface area contributed by atoms with Crippen LogP contribution in [0.25, 0.3) is 16.2 Å². The second-order valence-electron chi connectivity index (χ2n) is 3.76. The van der Waals surface area contributed by atoms with Crippen LogP contribution in [-0.4, -0.2) is 23.0 Å². The van der Waals surface area contributed by atoms with E-state index in [-0.39, 0.29) is 4.34 Å². The quantitative estimate of drug-likeness (QED) is 0.770. The van der Waals surface area contributed by atoms with Gasteiger partial charge in [0, 0.05) is 5.56 Å². The third-order valence-electron chi connectivity index (χ3n) is 2.43. The number of benzene rings is 1. The maximum atomic E-state index is 13.2. The molecule has 9 heteroatoms. The van der Waals surface area contributed by atoms with Crippen LogP contribution < -0.4 is 5.14 Å². The summed E-state index contributed by atoms with van der Waals surface area (Å²) < 4.78 is 36.7. The third-order valence-corrected chi connectivity index (χ3v) is 4.66. The number of hydrogen-bond acceptors (Lipinski definition) is 5. The first-order valence-corrected chi connectivity index (χ1v) is 7.45. The molecule has 1 aromatic carbocycles. The Hall–Kier alpha value is -1.84. The first kappa shape index (κ1) is 12.2. The van der Waals surface area contributed by atoms with Crippen molar-refractivity contribution in [2.24, 2.45) is 5.14 Å². The Balaban J connectivity index is 2.23. The van der Waals surface area contributed by atoms with E-state index in [1.54, 1.807) is 12.1 Å². The zero-order chi connectivity index (χ0) is 13.6. The molecule has 0 saturated heterocycles. The van der Waals surface area contributed by atoms with E-state index in [9.17, 15) is 12.8 Å². The number of halogens is 1. The van der Waals surface area contributed by atoms with Gasteiger partial charge in [0.1, 0.15) is 5.82 Å². The van der Waals surface area contributed by atoms with Gasteiger partial charge in [-0.25, -0.2) is 27.4 Å². The molecule has 2 aromatic heterocycles. The molecule has 3 rings (SSSR count). The van der Waals surface area contributed by atoms with Gasteiger partial charge in [0.15, 0.2) is 0 Å². The van der Waals surface area contributed by atoms with Gasteiger partial charge < -0.3 is 0 Å². The Labute approximate surface area is 111 Å². The number of sulfonamides is 1. The minimum atomic E-state index is -3.87. The first-order chi connectivity index (χ1) is 8.95. The molecule has 0 amide bonds. The molecular formula is C10H7FN4O2S2. The van der Waals surface area contributed by atoms with Gasteiger partial charge in [0.05, 0.1) is 11.9 Å². The highest BCUT2D eigenvalue weighted by Crippen LogP contribution is 2.25. The van der Waals surface area contributed by atoms with Crippen LogP contribution in [0.2, 0.25) is 0 Å². The van der Waals surface area contributed by atoms with E-state index in [4.69, 9.17) is 5.14 Å². The zero-order valence-corrected chi connectivity index (χ0v) is 10.9. The number of rotatable bonds is 2. The first-order valence-electron chi connectivity index (χ1n) is 5.08. The smallest absolute Gasteiger partial charge is 0.225 e. The Morgan fingerprint density at radius 2 is 2.16 bits per heavy atom. The lowest BCUT2D eigenvalue weighted by Gasteiger charge is -1.98. The molecular weight excluding hydrogens is 291 g/mol. The average Bonchev–Trinajstić information content (AvgIpc) is 2.86. The van der Waals surface area contributed by atoms with Crippen LogP contribution in [0.4, 0.5) is 4.39 Å². The summed E-state index contributed by atoms with van der Waals surface area (Å²) in [5.41, 5.74) is 1.06. The van der Waals surface area contributed by atoms with Crippen molar-refractivity contribution in [2.75, 3.05) is 0 Å². The lowest BCUT2D eigenvalue weighted by atomic mass is 10.2. The molecule has 0 aliphatic rings.